The Morgan fingerprint density at radius 2 is 1.86 bits per heavy atom. The van der Waals surface area contributed by atoms with Crippen molar-refractivity contribution in [1.29, 1.82) is 0 Å². The smallest absolute Gasteiger partial charge is 0.317 e. The second kappa shape index (κ2) is 5.01. The Morgan fingerprint density at radius 3 is 2.36 bits per heavy atom. The molecule has 1 saturated heterocycles. The van der Waals surface area contributed by atoms with Crippen LogP contribution in [-0.4, -0.2) is 19.3 Å². The zero-order valence-electron chi connectivity index (χ0n) is 8.53. The fourth-order valence-electron chi connectivity index (χ4n) is 1.82. The summed E-state index contributed by atoms with van der Waals surface area (Å²) in [5.41, 5.74) is 0. The van der Waals surface area contributed by atoms with Crippen LogP contribution in [0.4, 0.5) is 13.2 Å². The third-order valence-electron chi connectivity index (χ3n) is 3.03. The Kier molecular flexibility index (Phi) is 4.23. The van der Waals surface area contributed by atoms with E-state index in [9.17, 15) is 13.2 Å². The highest BCUT2D eigenvalue weighted by Crippen LogP contribution is 2.31. The van der Waals surface area contributed by atoms with Gasteiger partial charge in [0.15, 0.2) is 0 Å². The maximum atomic E-state index is 12.2. The van der Waals surface area contributed by atoms with Crippen LogP contribution in [0, 0.1) is 11.8 Å². The summed E-state index contributed by atoms with van der Waals surface area (Å²) in [6.07, 6.45) is -0.932. The molecule has 0 aromatic heterocycles. The normalized spacial score (nSPS) is 22.3. The van der Waals surface area contributed by atoms with Gasteiger partial charge in [-0.3, -0.25) is 0 Å². The van der Waals surface area contributed by atoms with Gasteiger partial charge in [0.25, 0.3) is 0 Å². The second-order valence-corrected chi connectivity index (χ2v) is 4.21. The molecule has 0 aromatic carbocycles. The Hall–Kier alpha value is -0.250. The monoisotopic (exact) mass is 209 g/mol. The fourth-order valence-corrected chi connectivity index (χ4v) is 1.82. The molecule has 1 N–H and O–H groups in total. The van der Waals surface area contributed by atoms with E-state index < -0.39 is 12.1 Å². The van der Waals surface area contributed by atoms with E-state index >= 15 is 0 Å². The molecule has 0 radical (unpaired) electrons. The van der Waals surface area contributed by atoms with Gasteiger partial charge in [0.1, 0.15) is 0 Å². The molecular formula is C10H18F3N. The average molecular weight is 209 g/mol. The quantitative estimate of drug-likeness (QED) is 0.753. The standard InChI is InChI=1S/C10H18F3N/c1-8(10(11,12)13)2-3-9-4-6-14-7-5-9/h8-9,14H,2-7H2,1H3/t8-/m0/s1. The summed E-state index contributed by atoms with van der Waals surface area (Å²) in [6.45, 7) is 3.21. The van der Waals surface area contributed by atoms with Gasteiger partial charge < -0.3 is 5.32 Å². The van der Waals surface area contributed by atoms with Crippen LogP contribution in [0.25, 0.3) is 0 Å². The lowest BCUT2D eigenvalue weighted by molar-refractivity contribution is -0.172. The van der Waals surface area contributed by atoms with E-state index in [-0.39, 0.29) is 6.42 Å². The van der Waals surface area contributed by atoms with Crippen molar-refractivity contribution in [3.8, 4) is 0 Å². The van der Waals surface area contributed by atoms with Crippen molar-refractivity contribution in [2.45, 2.75) is 38.8 Å². The molecular weight excluding hydrogens is 191 g/mol. The lowest BCUT2D eigenvalue weighted by atomic mass is 9.90. The van der Waals surface area contributed by atoms with E-state index in [1.165, 1.54) is 6.92 Å². The molecule has 0 aliphatic carbocycles. The zero-order valence-corrected chi connectivity index (χ0v) is 8.53. The lowest BCUT2D eigenvalue weighted by Gasteiger charge is -2.24. The molecule has 1 aliphatic rings. The molecule has 0 saturated carbocycles. The topological polar surface area (TPSA) is 12.0 Å². The van der Waals surface area contributed by atoms with Crippen LogP contribution >= 0.6 is 0 Å². The van der Waals surface area contributed by atoms with Crippen molar-refractivity contribution >= 4 is 0 Å². The number of hydrogen-bond acceptors (Lipinski definition) is 1. The molecule has 14 heavy (non-hydrogen) atoms. The number of rotatable bonds is 3. The minimum Gasteiger partial charge on any atom is -0.317 e. The molecule has 84 valence electrons. The van der Waals surface area contributed by atoms with Crippen LogP contribution < -0.4 is 5.32 Å². The zero-order chi connectivity index (χ0) is 10.6. The number of alkyl halides is 3. The summed E-state index contributed by atoms with van der Waals surface area (Å²) in [5.74, 6) is -0.640. The van der Waals surface area contributed by atoms with Gasteiger partial charge in [-0.1, -0.05) is 6.92 Å². The first-order chi connectivity index (χ1) is 6.50. The van der Waals surface area contributed by atoms with Gasteiger partial charge in [-0.05, 0) is 44.7 Å². The van der Waals surface area contributed by atoms with Crippen LogP contribution in [0.5, 0.6) is 0 Å². The summed E-state index contributed by atoms with van der Waals surface area (Å²) in [4.78, 5) is 0. The molecule has 1 atom stereocenters. The highest BCUT2D eigenvalue weighted by molar-refractivity contribution is 4.71. The van der Waals surface area contributed by atoms with Gasteiger partial charge in [-0.15, -0.1) is 0 Å². The predicted octanol–water partition coefficient (Wildman–Crippen LogP) is 2.96. The van der Waals surface area contributed by atoms with Crippen molar-refractivity contribution < 1.29 is 13.2 Å². The summed E-state index contributed by atoms with van der Waals surface area (Å²) in [7, 11) is 0. The van der Waals surface area contributed by atoms with E-state index in [0.29, 0.717) is 5.92 Å². The van der Waals surface area contributed by atoms with Crippen molar-refractivity contribution in [1.82, 2.24) is 5.32 Å². The minimum atomic E-state index is -4.01. The molecule has 0 aromatic rings. The Labute approximate surface area is 83.1 Å². The van der Waals surface area contributed by atoms with Gasteiger partial charge in [0.05, 0.1) is 5.92 Å². The largest absolute Gasteiger partial charge is 0.391 e. The molecule has 1 heterocycles. The van der Waals surface area contributed by atoms with Crippen LogP contribution in [0.15, 0.2) is 0 Å². The summed E-state index contributed by atoms with van der Waals surface area (Å²) in [5, 5.41) is 3.21. The van der Waals surface area contributed by atoms with Crippen LogP contribution in [0.3, 0.4) is 0 Å². The van der Waals surface area contributed by atoms with E-state index in [2.05, 4.69) is 5.32 Å². The Bertz CT molecular complexity index is 161. The highest BCUT2D eigenvalue weighted by atomic mass is 19.4. The molecule has 1 nitrogen and oxygen atoms in total. The molecule has 0 amide bonds. The summed E-state index contributed by atoms with van der Waals surface area (Å²) >= 11 is 0. The molecule has 4 heteroatoms. The SMILES string of the molecule is C[C@@H](CCC1CCNCC1)C(F)(F)F. The maximum Gasteiger partial charge on any atom is 0.391 e. The molecule has 0 spiro atoms. The van der Waals surface area contributed by atoms with E-state index in [1.54, 1.807) is 0 Å². The van der Waals surface area contributed by atoms with Crippen molar-refractivity contribution in [3.05, 3.63) is 0 Å². The third-order valence-corrected chi connectivity index (χ3v) is 3.03. The average Bonchev–Trinajstić information content (AvgIpc) is 2.14. The minimum absolute atomic E-state index is 0.286. The van der Waals surface area contributed by atoms with E-state index in [0.717, 1.165) is 32.4 Å². The first-order valence-electron chi connectivity index (χ1n) is 5.27. The Balaban J connectivity index is 2.19. The number of hydrogen-bond donors (Lipinski definition) is 1. The first-order valence-corrected chi connectivity index (χ1v) is 5.27. The first kappa shape index (κ1) is 11.8. The van der Waals surface area contributed by atoms with Crippen LogP contribution in [0.1, 0.15) is 32.6 Å². The predicted molar refractivity (Wildman–Crippen MR) is 50.0 cm³/mol. The van der Waals surface area contributed by atoms with Gasteiger partial charge in [0.2, 0.25) is 0 Å². The van der Waals surface area contributed by atoms with Crippen molar-refractivity contribution in [3.63, 3.8) is 0 Å². The summed E-state index contributed by atoms with van der Waals surface area (Å²) in [6, 6.07) is 0. The van der Waals surface area contributed by atoms with Gasteiger partial charge in [-0.2, -0.15) is 13.2 Å². The van der Waals surface area contributed by atoms with Crippen LogP contribution in [0.2, 0.25) is 0 Å². The van der Waals surface area contributed by atoms with Gasteiger partial charge in [-0.25, -0.2) is 0 Å². The van der Waals surface area contributed by atoms with Gasteiger partial charge >= 0.3 is 6.18 Å². The number of piperidine rings is 1. The summed E-state index contributed by atoms with van der Waals surface area (Å²) < 4.78 is 36.6. The van der Waals surface area contributed by atoms with E-state index in [4.69, 9.17) is 0 Å². The van der Waals surface area contributed by atoms with Crippen molar-refractivity contribution in [2.24, 2.45) is 11.8 Å². The number of halogens is 3. The van der Waals surface area contributed by atoms with Gasteiger partial charge in [0, 0.05) is 0 Å². The third kappa shape index (κ3) is 3.86. The molecule has 0 unspecified atom stereocenters. The molecule has 1 rings (SSSR count). The molecule has 0 bridgehead atoms. The van der Waals surface area contributed by atoms with Crippen molar-refractivity contribution in [2.75, 3.05) is 13.1 Å². The molecule has 1 aliphatic heterocycles. The maximum absolute atomic E-state index is 12.2. The van der Waals surface area contributed by atoms with E-state index in [1.807, 2.05) is 0 Å². The second-order valence-electron chi connectivity index (χ2n) is 4.21. The lowest BCUT2D eigenvalue weighted by Crippen LogP contribution is -2.28. The fraction of sp³-hybridized carbons (Fsp3) is 1.00. The molecule has 1 fully saturated rings. The van der Waals surface area contributed by atoms with Crippen LogP contribution in [-0.2, 0) is 0 Å². The Morgan fingerprint density at radius 1 is 1.29 bits per heavy atom. The highest BCUT2D eigenvalue weighted by Gasteiger charge is 2.35. The number of nitrogens with one attached hydrogen (secondary N) is 1.